The number of ether oxygens (including phenoxy) is 1. The molecule has 182 valence electrons. The minimum absolute atomic E-state index is 0.148. The van der Waals surface area contributed by atoms with E-state index < -0.39 is 11.9 Å². The SMILES string of the molecule is CC(C)C(NC(=O)c1ccc(Cl)cc1)C(=O)NN=Cc1ccc(OCc2ccccc2Cl)c(Br)c1. The third kappa shape index (κ3) is 7.82. The van der Waals surface area contributed by atoms with E-state index in [0.29, 0.717) is 28.0 Å². The largest absolute Gasteiger partial charge is 0.488 e. The second-order valence-electron chi connectivity index (χ2n) is 8.01. The van der Waals surface area contributed by atoms with Crippen LogP contribution in [0.15, 0.2) is 76.3 Å². The summed E-state index contributed by atoms with van der Waals surface area (Å²) in [6, 6.07) is 18.6. The second kappa shape index (κ2) is 12.7. The van der Waals surface area contributed by atoms with Crippen LogP contribution in [0, 0.1) is 5.92 Å². The van der Waals surface area contributed by atoms with Crippen molar-refractivity contribution in [2.24, 2.45) is 11.0 Å². The summed E-state index contributed by atoms with van der Waals surface area (Å²) in [5.74, 6) is -0.283. The Morgan fingerprint density at radius 2 is 1.77 bits per heavy atom. The maximum atomic E-state index is 12.7. The van der Waals surface area contributed by atoms with Gasteiger partial charge >= 0.3 is 0 Å². The van der Waals surface area contributed by atoms with Crippen LogP contribution in [0.25, 0.3) is 0 Å². The van der Waals surface area contributed by atoms with Crippen molar-refractivity contribution in [3.05, 3.63) is 97.9 Å². The van der Waals surface area contributed by atoms with E-state index in [2.05, 4.69) is 31.8 Å². The molecule has 0 radical (unpaired) electrons. The zero-order chi connectivity index (χ0) is 25.4. The van der Waals surface area contributed by atoms with E-state index >= 15 is 0 Å². The number of nitrogens with zero attached hydrogens (tertiary/aromatic N) is 1. The van der Waals surface area contributed by atoms with Crippen molar-refractivity contribution >= 4 is 57.2 Å². The molecule has 0 heterocycles. The highest BCUT2D eigenvalue weighted by atomic mass is 79.9. The lowest BCUT2D eigenvalue weighted by Crippen LogP contribution is -2.48. The predicted octanol–water partition coefficient (Wildman–Crippen LogP) is 6.24. The van der Waals surface area contributed by atoms with Crippen molar-refractivity contribution in [1.29, 1.82) is 0 Å². The molecule has 0 spiro atoms. The van der Waals surface area contributed by atoms with Gasteiger partial charge < -0.3 is 10.1 Å². The predicted molar refractivity (Wildman–Crippen MR) is 143 cm³/mol. The Morgan fingerprint density at radius 1 is 1.06 bits per heavy atom. The average molecular weight is 577 g/mol. The molecule has 2 amide bonds. The van der Waals surface area contributed by atoms with Gasteiger partial charge in [-0.15, -0.1) is 0 Å². The van der Waals surface area contributed by atoms with Crippen LogP contribution in [-0.4, -0.2) is 24.1 Å². The lowest BCUT2D eigenvalue weighted by molar-refractivity contribution is -0.123. The van der Waals surface area contributed by atoms with Gasteiger partial charge in [-0.25, -0.2) is 5.43 Å². The van der Waals surface area contributed by atoms with E-state index in [0.717, 1.165) is 15.6 Å². The molecular weight excluding hydrogens is 553 g/mol. The second-order valence-corrected chi connectivity index (χ2v) is 9.70. The van der Waals surface area contributed by atoms with Gasteiger partial charge in [-0.2, -0.15) is 5.10 Å². The quantitative estimate of drug-likeness (QED) is 0.234. The third-order valence-electron chi connectivity index (χ3n) is 5.03. The smallest absolute Gasteiger partial charge is 0.262 e. The molecule has 3 aromatic rings. The Morgan fingerprint density at radius 3 is 2.43 bits per heavy atom. The number of hydrazone groups is 1. The number of halogens is 3. The summed E-state index contributed by atoms with van der Waals surface area (Å²) in [5.41, 5.74) is 4.54. The molecule has 1 unspecified atom stereocenters. The first-order valence-corrected chi connectivity index (χ1v) is 12.3. The van der Waals surface area contributed by atoms with Crippen molar-refractivity contribution in [3.8, 4) is 5.75 Å². The van der Waals surface area contributed by atoms with Crippen molar-refractivity contribution in [2.75, 3.05) is 0 Å². The van der Waals surface area contributed by atoms with Crippen molar-refractivity contribution in [3.63, 3.8) is 0 Å². The zero-order valence-corrected chi connectivity index (χ0v) is 22.2. The topological polar surface area (TPSA) is 79.8 Å². The Kier molecular flexibility index (Phi) is 9.72. The van der Waals surface area contributed by atoms with E-state index in [1.54, 1.807) is 30.3 Å². The van der Waals surface area contributed by atoms with Crippen LogP contribution < -0.4 is 15.5 Å². The van der Waals surface area contributed by atoms with E-state index in [9.17, 15) is 9.59 Å². The first-order chi connectivity index (χ1) is 16.7. The van der Waals surface area contributed by atoms with Crippen LogP contribution in [0.5, 0.6) is 5.75 Å². The van der Waals surface area contributed by atoms with Gasteiger partial charge in [0.25, 0.3) is 11.8 Å². The molecule has 1 atom stereocenters. The molecule has 0 bridgehead atoms. The van der Waals surface area contributed by atoms with Crippen molar-refractivity contribution in [2.45, 2.75) is 26.5 Å². The van der Waals surface area contributed by atoms with Gasteiger partial charge in [0.15, 0.2) is 0 Å². The summed E-state index contributed by atoms with van der Waals surface area (Å²) < 4.78 is 6.58. The lowest BCUT2D eigenvalue weighted by Gasteiger charge is -2.20. The maximum Gasteiger partial charge on any atom is 0.262 e. The molecule has 9 heteroatoms. The number of amides is 2. The van der Waals surface area contributed by atoms with Crippen molar-refractivity contribution in [1.82, 2.24) is 10.7 Å². The highest BCUT2D eigenvalue weighted by molar-refractivity contribution is 9.10. The number of rotatable bonds is 9. The molecule has 3 aromatic carbocycles. The minimum atomic E-state index is -0.761. The maximum absolute atomic E-state index is 12.7. The molecule has 0 saturated heterocycles. The number of hydrogen-bond donors (Lipinski definition) is 2. The summed E-state index contributed by atoms with van der Waals surface area (Å²) in [5, 5.41) is 7.96. The standard InChI is InChI=1S/C26H24BrCl2N3O3/c1-16(2)24(31-25(33)18-8-10-20(28)11-9-18)26(34)32-30-14-17-7-12-23(21(27)13-17)35-15-19-5-3-4-6-22(19)29/h3-14,16,24H,15H2,1-2H3,(H,31,33)(H,32,34). The Bertz CT molecular complexity index is 1220. The first kappa shape index (κ1) is 26.7. The fourth-order valence-electron chi connectivity index (χ4n) is 3.09. The Balaban J connectivity index is 1.57. The fourth-order valence-corrected chi connectivity index (χ4v) is 3.91. The first-order valence-electron chi connectivity index (χ1n) is 10.8. The van der Waals surface area contributed by atoms with E-state index in [-0.39, 0.29) is 11.8 Å². The number of carbonyl (C=O) groups excluding carboxylic acids is 2. The van der Waals surface area contributed by atoms with Gasteiger partial charge in [0.2, 0.25) is 0 Å². The molecule has 0 aliphatic rings. The number of hydrogen-bond acceptors (Lipinski definition) is 4. The number of carbonyl (C=O) groups is 2. The molecule has 0 fully saturated rings. The molecule has 0 aromatic heterocycles. The van der Waals surface area contributed by atoms with Gasteiger partial charge in [-0.3, -0.25) is 9.59 Å². The Hall–Kier alpha value is -2.87. The van der Waals surface area contributed by atoms with Crippen LogP contribution in [-0.2, 0) is 11.4 Å². The molecule has 0 aliphatic carbocycles. The molecule has 0 saturated carbocycles. The molecule has 3 rings (SSSR count). The van der Waals surface area contributed by atoms with E-state index in [1.807, 2.05) is 50.2 Å². The third-order valence-corrected chi connectivity index (χ3v) is 6.27. The van der Waals surface area contributed by atoms with Crippen LogP contribution >= 0.6 is 39.1 Å². The summed E-state index contributed by atoms with van der Waals surface area (Å²) in [6.07, 6.45) is 1.51. The summed E-state index contributed by atoms with van der Waals surface area (Å²) in [7, 11) is 0. The highest BCUT2D eigenvalue weighted by Crippen LogP contribution is 2.27. The molecule has 0 aliphatic heterocycles. The summed E-state index contributed by atoms with van der Waals surface area (Å²) in [4.78, 5) is 25.2. The minimum Gasteiger partial charge on any atom is -0.488 e. The van der Waals surface area contributed by atoms with Crippen molar-refractivity contribution < 1.29 is 14.3 Å². The summed E-state index contributed by atoms with van der Waals surface area (Å²) in [6.45, 7) is 4.02. The zero-order valence-electron chi connectivity index (χ0n) is 19.1. The summed E-state index contributed by atoms with van der Waals surface area (Å²) >= 11 is 15.5. The lowest BCUT2D eigenvalue weighted by atomic mass is 10.0. The highest BCUT2D eigenvalue weighted by Gasteiger charge is 2.24. The molecule has 2 N–H and O–H groups in total. The van der Waals surface area contributed by atoms with Gasteiger partial charge in [0.1, 0.15) is 18.4 Å². The van der Waals surface area contributed by atoms with E-state index in [1.165, 1.54) is 6.21 Å². The van der Waals surface area contributed by atoms with Crippen LogP contribution in [0.4, 0.5) is 0 Å². The van der Waals surface area contributed by atoms with Gasteiger partial charge in [-0.05, 0) is 75.9 Å². The number of nitrogens with one attached hydrogen (secondary N) is 2. The van der Waals surface area contributed by atoms with Crippen LogP contribution in [0.3, 0.4) is 0 Å². The average Bonchev–Trinajstić information content (AvgIpc) is 2.83. The fraction of sp³-hybridized carbons (Fsp3) is 0.192. The molecule has 6 nitrogen and oxygen atoms in total. The molecular formula is C26H24BrCl2N3O3. The van der Waals surface area contributed by atoms with Gasteiger partial charge in [0.05, 0.1) is 10.7 Å². The Labute approximate surface area is 222 Å². The van der Waals surface area contributed by atoms with Gasteiger partial charge in [-0.1, -0.05) is 55.2 Å². The number of benzene rings is 3. The normalized spacial score (nSPS) is 11.9. The van der Waals surface area contributed by atoms with Crippen LogP contribution in [0.2, 0.25) is 10.0 Å². The van der Waals surface area contributed by atoms with Gasteiger partial charge in [0, 0.05) is 21.2 Å². The van der Waals surface area contributed by atoms with Crippen LogP contribution in [0.1, 0.15) is 35.3 Å². The monoisotopic (exact) mass is 575 g/mol. The molecule has 35 heavy (non-hydrogen) atoms. The van der Waals surface area contributed by atoms with E-state index in [4.69, 9.17) is 27.9 Å².